The van der Waals surface area contributed by atoms with Crippen molar-refractivity contribution in [1.82, 2.24) is 0 Å². The van der Waals surface area contributed by atoms with Crippen molar-refractivity contribution >= 4 is 35.0 Å². The van der Waals surface area contributed by atoms with Crippen LogP contribution in [0, 0.1) is 0 Å². The fraction of sp³-hybridized carbons (Fsp3) is 0.200. The quantitative estimate of drug-likeness (QED) is 0.465. The van der Waals surface area contributed by atoms with Crippen molar-refractivity contribution in [1.29, 1.82) is 0 Å². The average Bonchev–Trinajstić information content (AvgIpc) is 3.24. The smallest absolute Gasteiger partial charge is 0.416 e. The van der Waals surface area contributed by atoms with Crippen LogP contribution in [0.5, 0.6) is 11.5 Å². The van der Waals surface area contributed by atoms with Crippen LogP contribution in [0.3, 0.4) is 0 Å². The van der Waals surface area contributed by atoms with Crippen molar-refractivity contribution in [3.8, 4) is 11.5 Å². The van der Waals surface area contributed by atoms with Crippen LogP contribution in [0.4, 0.5) is 24.5 Å². The molecule has 0 spiro atoms. The van der Waals surface area contributed by atoms with Gasteiger partial charge in [0.1, 0.15) is 16.9 Å². The molecule has 3 aromatic carbocycles. The predicted molar refractivity (Wildman–Crippen MR) is 128 cm³/mol. The molecular formula is C25H21F3N2O4S. The lowest BCUT2D eigenvalue weighted by molar-refractivity contribution is -0.137. The second kappa shape index (κ2) is 9.91. The number of hydrogen-bond acceptors (Lipinski definition) is 5. The number of nitrogens with zero attached hydrogens (tertiary/aromatic N) is 1. The summed E-state index contributed by atoms with van der Waals surface area (Å²) in [6.07, 6.45) is -4.46. The number of nitrogens with one attached hydrogen (secondary N) is 1. The molecule has 3 aromatic rings. The van der Waals surface area contributed by atoms with E-state index in [0.29, 0.717) is 28.4 Å². The first-order valence-electron chi connectivity index (χ1n) is 10.4. The number of rotatable bonds is 6. The lowest BCUT2D eigenvalue weighted by atomic mass is 10.1. The maximum absolute atomic E-state index is 12.9. The Morgan fingerprint density at radius 2 is 1.66 bits per heavy atom. The number of methoxy groups -OCH3 is 2. The van der Waals surface area contributed by atoms with Gasteiger partial charge < -0.3 is 14.8 Å². The Balaban J connectivity index is 1.57. The van der Waals surface area contributed by atoms with Crippen molar-refractivity contribution in [2.24, 2.45) is 0 Å². The zero-order chi connectivity index (χ0) is 25.2. The Labute approximate surface area is 204 Å². The van der Waals surface area contributed by atoms with E-state index >= 15 is 0 Å². The summed E-state index contributed by atoms with van der Waals surface area (Å²) < 4.78 is 49.2. The molecule has 1 aliphatic rings. The predicted octanol–water partition coefficient (Wildman–Crippen LogP) is 5.75. The average molecular weight is 503 g/mol. The number of thioether (sulfide) groups is 1. The molecule has 1 unspecified atom stereocenters. The maximum Gasteiger partial charge on any atom is 0.416 e. The van der Waals surface area contributed by atoms with Gasteiger partial charge in [0.05, 0.1) is 25.5 Å². The van der Waals surface area contributed by atoms with Crippen LogP contribution >= 0.6 is 11.8 Å². The van der Waals surface area contributed by atoms with Gasteiger partial charge in [-0.15, -0.1) is 11.8 Å². The molecule has 1 heterocycles. The van der Waals surface area contributed by atoms with Crippen LogP contribution < -0.4 is 19.7 Å². The first kappa shape index (κ1) is 24.5. The number of benzene rings is 3. The van der Waals surface area contributed by atoms with E-state index in [4.69, 9.17) is 9.47 Å². The molecule has 0 aliphatic carbocycles. The molecule has 1 aliphatic heterocycles. The molecule has 1 atom stereocenters. The number of alkyl halides is 3. The largest absolute Gasteiger partial charge is 0.497 e. The number of halogens is 3. The summed E-state index contributed by atoms with van der Waals surface area (Å²) in [6.45, 7) is 0. The number of anilines is 2. The third-order valence-corrected chi connectivity index (χ3v) is 6.60. The third kappa shape index (κ3) is 5.37. The molecule has 10 heteroatoms. The van der Waals surface area contributed by atoms with Gasteiger partial charge in [0, 0.05) is 23.0 Å². The minimum absolute atomic E-state index is 0.186. The topological polar surface area (TPSA) is 67.9 Å². The fourth-order valence-electron chi connectivity index (χ4n) is 3.67. The molecule has 2 amide bonds. The minimum Gasteiger partial charge on any atom is -0.497 e. The summed E-state index contributed by atoms with van der Waals surface area (Å²) in [5.41, 5.74) is 1.15. The third-order valence-electron chi connectivity index (χ3n) is 5.38. The maximum atomic E-state index is 12.9. The number of carbonyl (C=O) groups excluding carboxylic acids is 2. The first-order valence-corrected chi connectivity index (χ1v) is 11.5. The molecule has 1 saturated heterocycles. The standard InChI is InChI=1S/C25H21F3N2O4S/c1-33-20-11-16(12-21(13-20)34-2)23(32)29-18-5-3-4-15(10-18)24-30(22(31)14-35-24)19-8-6-17(7-9-19)25(26,27)28/h3-13,24H,14H2,1-2H3,(H,29,32). The van der Waals surface area contributed by atoms with Crippen LogP contribution in [0.2, 0.25) is 0 Å². The van der Waals surface area contributed by atoms with Gasteiger partial charge in [0.15, 0.2) is 0 Å². The Kier molecular flexibility index (Phi) is 6.93. The van der Waals surface area contributed by atoms with E-state index in [1.807, 2.05) is 0 Å². The highest BCUT2D eigenvalue weighted by molar-refractivity contribution is 8.00. The van der Waals surface area contributed by atoms with Gasteiger partial charge >= 0.3 is 6.18 Å². The molecule has 182 valence electrons. The lowest BCUT2D eigenvalue weighted by Crippen LogP contribution is -2.28. The molecule has 35 heavy (non-hydrogen) atoms. The van der Waals surface area contributed by atoms with Crippen molar-refractivity contribution in [2.75, 3.05) is 30.2 Å². The molecule has 0 bridgehead atoms. The van der Waals surface area contributed by atoms with E-state index < -0.39 is 17.1 Å². The molecular weight excluding hydrogens is 481 g/mol. The molecule has 1 fully saturated rings. The van der Waals surface area contributed by atoms with Gasteiger partial charge in [-0.05, 0) is 54.1 Å². The second-order valence-electron chi connectivity index (χ2n) is 7.65. The van der Waals surface area contributed by atoms with Crippen LogP contribution in [-0.4, -0.2) is 31.8 Å². The van der Waals surface area contributed by atoms with Gasteiger partial charge in [-0.25, -0.2) is 0 Å². The van der Waals surface area contributed by atoms with Crippen LogP contribution in [0.1, 0.15) is 26.9 Å². The van der Waals surface area contributed by atoms with Crippen molar-refractivity contribution in [2.45, 2.75) is 11.6 Å². The molecule has 0 radical (unpaired) electrons. The Morgan fingerprint density at radius 1 is 1.00 bits per heavy atom. The summed E-state index contributed by atoms with van der Waals surface area (Å²) in [4.78, 5) is 26.9. The number of hydrogen-bond donors (Lipinski definition) is 1. The summed E-state index contributed by atoms with van der Waals surface area (Å²) in [5, 5.41) is 2.38. The summed E-state index contributed by atoms with van der Waals surface area (Å²) in [7, 11) is 2.98. The van der Waals surface area contributed by atoms with E-state index in [1.54, 1.807) is 42.5 Å². The van der Waals surface area contributed by atoms with Gasteiger partial charge in [0.25, 0.3) is 5.91 Å². The van der Waals surface area contributed by atoms with Crippen molar-refractivity contribution in [3.63, 3.8) is 0 Å². The van der Waals surface area contributed by atoms with Gasteiger partial charge in [0.2, 0.25) is 5.91 Å². The van der Waals surface area contributed by atoms with E-state index in [9.17, 15) is 22.8 Å². The van der Waals surface area contributed by atoms with Gasteiger partial charge in [-0.3, -0.25) is 14.5 Å². The summed E-state index contributed by atoms with van der Waals surface area (Å²) in [6, 6.07) is 16.3. The molecule has 0 saturated carbocycles. The number of carbonyl (C=O) groups is 2. The van der Waals surface area contributed by atoms with Crippen LogP contribution in [-0.2, 0) is 11.0 Å². The number of ether oxygens (including phenoxy) is 2. The monoisotopic (exact) mass is 502 g/mol. The van der Waals surface area contributed by atoms with Crippen molar-refractivity contribution in [3.05, 3.63) is 83.4 Å². The van der Waals surface area contributed by atoms with Crippen LogP contribution in [0.15, 0.2) is 66.7 Å². The fourth-order valence-corrected chi connectivity index (χ4v) is 4.84. The van der Waals surface area contributed by atoms with E-state index in [1.165, 1.54) is 43.0 Å². The highest BCUT2D eigenvalue weighted by atomic mass is 32.2. The van der Waals surface area contributed by atoms with E-state index in [0.717, 1.165) is 17.7 Å². The highest BCUT2D eigenvalue weighted by Crippen LogP contribution is 2.43. The highest BCUT2D eigenvalue weighted by Gasteiger charge is 2.35. The van der Waals surface area contributed by atoms with Crippen LogP contribution in [0.25, 0.3) is 0 Å². The lowest BCUT2D eigenvalue weighted by Gasteiger charge is -2.25. The Bertz CT molecular complexity index is 1230. The zero-order valence-electron chi connectivity index (χ0n) is 18.8. The summed E-state index contributed by atoms with van der Waals surface area (Å²) >= 11 is 1.36. The van der Waals surface area contributed by atoms with Crippen molar-refractivity contribution < 1.29 is 32.2 Å². The first-order chi connectivity index (χ1) is 16.7. The zero-order valence-corrected chi connectivity index (χ0v) is 19.6. The second-order valence-corrected chi connectivity index (χ2v) is 8.72. The molecule has 1 N–H and O–H groups in total. The summed E-state index contributed by atoms with van der Waals surface area (Å²) in [5.74, 6) is 0.533. The van der Waals surface area contributed by atoms with E-state index in [2.05, 4.69) is 5.32 Å². The Morgan fingerprint density at radius 3 is 2.26 bits per heavy atom. The SMILES string of the molecule is COc1cc(OC)cc(C(=O)Nc2cccc(C3SCC(=O)N3c3ccc(C(F)(F)F)cc3)c2)c1. The molecule has 0 aromatic heterocycles. The molecule has 4 rings (SSSR count). The van der Waals surface area contributed by atoms with Gasteiger partial charge in [-0.2, -0.15) is 13.2 Å². The molecule has 6 nitrogen and oxygen atoms in total. The number of amides is 2. The minimum atomic E-state index is -4.46. The normalized spacial score (nSPS) is 15.7. The Hall–Kier alpha value is -3.66. The van der Waals surface area contributed by atoms with Gasteiger partial charge in [-0.1, -0.05) is 12.1 Å². The van der Waals surface area contributed by atoms with E-state index in [-0.39, 0.29) is 17.6 Å².